The molecule has 0 N–H and O–H groups in total. The topological polar surface area (TPSA) is 73.8 Å². The van der Waals surface area contributed by atoms with Crippen LogP contribution >= 0.6 is 35.3 Å². The van der Waals surface area contributed by atoms with Gasteiger partial charge in [0.2, 0.25) is 10.0 Å². The monoisotopic (exact) mass is 598 g/mol. The largest absolute Gasteiger partial charge is 0.309 e. The molecule has 1 saturated carbocycles. The van der Waals surface area contributed by atoms with Gasteiger partial charge in [-0.2, -0.15) is 4.31 Å². The minimum atomic E-state index is -3.62. The SMILES string of the molecule is Cc1cc(Cl)cc2sc(N(CCCN(C)C)C(=O)c3ccc(S(=O)(=O)N(C)C4CCCCC4)cc3)nc12.Cl. The van der Waals surface area contributed by atoms with Gasteiger partial charge in [-0.25, -0.2) is 13.4 Å². The van der Waals surface area contributed by atoms with Gasteiger partial charge in [-0.3, -0.25) is 9.69 Å². The number of halogens is 2. The van der Waals surface area contributed by atoms with E-state index in [-0.39, 0.29) is 29.3 Å². The van der Waals surface area contributed by atoms with E-state index in [4.69, 9.17) is 16.6 Å². The van der Waals surface area contributed by atoms with Crippen molar-refractivity contribution in [3.63, 3.8) is 0 Å². The Hall–Kier alpha value is -1.75. The molecule has 0 unspecified atom stereocenters. The number of aryl methyl sites for hydroxylation is 1. The van der Waals surface area contributed by atoms with E-state index in [1.54, 1.807) is 36.2 Å². The molecule has 38 heavy (non-hydrogen) atoms. The molecule has 1 aliphatic carbocycles. The van der Waals surface area contributed by atoms with E-state index in [1.807, 2.05) is 33.2 Å². The first-order chi connectivity index (χ1) is 17.6. The van der Waals surface area contributed by atoms with Crippen molar-refractivity contribution < 1.29 is 13.2 Å². The molecule has 1 amide bonds. The molecule has 1 aliphatic rings. The van der Waals surface area contributed by atoms with E-state index in [9.17, 15) is 13.2 Å². The van der Waals surface area contributed by atoms with Crippen molar-refractivity contribution in [1.29, 1.82) is 0 Å². The molecule has 0 spiro atoms. The Kier molecular flexibility index (Phi) is 10.6. The summed E-state index contributed by atoms with van der Waals surface area (Å²) in [6.45, 7) is 3.28. The molecule has 4 rings (SSSR count). The van der Waals surface area contributed by atoms with Gasteiger partial charge in [-0.1, -0.05) is 42.2 Å². The summed E-state index contributed by atoms with van der Waals surface area (Å²) in [5.74, 6) is -0.203. The van der Waals surface area contributed by atoms with E-state index >= 15 is 0 Å². The third-order valence-electron chi connectivity index (χ3n) is 6.97. The number of nitrogens with zero attached hydrogens (tertiary/aromatic N) is 4. The number of carbonyl (C=O) groups is 1. The standard InChI is InChI=1S/C27H35ClN4O3S2.ClH/c1-19-17-21(28)18-24-25(19)29-27(36-24)32(16-8-15-30(2)3)26(33)20-11-13-23(14-12-20)37(34,35)31(4)22-9-6-5-7-10-22;/h11-14,17-18,22H,5-10,15-16H2,1-4H3;1H. The average Bonchev–Trinajstić information content (AvgIpc) is 3.30. The third kappa shape index (κ3) is 6.87. The predicted molar refractivity (Wildman–Crippen MR) is 160 cm³/mol. The van der Waals surface area contributed by atoms with Gasteiger partial charge in [0.05, 0.1) is 15.1 Å². The van der Waals surface area contributed by atoms with Gasteiger partial charge in [0.25, 0.3) is 5.91 Å². The first kappa shape index (κ1) is 30.8. The minimum absolute atomic E-state index is 0. The Bertz CT molecular complexity index is 1350. The van der Waals surface area contributed by atoms with E-state index < -0.39 is 10.0 Å². The number of fused-ring (bicyclic) bond motifs is 1. The number of carbonyl (C=O) groups excluding carboxylic acids is 1. The lowest BCUT2D eigenvalue weighted by Gasteiger charge is -2.30. The molecule has 0 aliphatic heterocycles. The highest BCUT2D eigenvalue weighted by molar-refractivity contribution is 7.89. The maximum atomic E-state index is 13.7. The Morgan fingerprint density at radius 1 is 1.05 bits per heavy atom. The van der Waals surface area contributed by atoms with Gasteiger partial charge in [0.15, 0.2) is 5.13 Å². The summed E-state index contributed by atoms with van der Waals surface area (Å²) >= 11 is 7.69. The number of hydrogen-bond acceptors (Lipinski definition) is 6. The quantitative estimate of drug-likeness (QED) is 0.292. The van der Waals surface area contributed by atoms with Crippen LogP contribution in [-0.2, 0) is 10.0 Å². The second-order valence-electron chi connectivity index (χ2n) is 10.0. The van der Waals surface area contributed by atoms with Crippen LogP contribution in [0.2, 0.25) is 5.02 Å². The lowest BCUT2D eigenvalue weighted by atomic mass is 9.96. The maximum Gasteiger partial charge on any atom is 0.260 e. The summed E-state index contributed by atoms with van der Waals surface area (Å²) in [5, 5.41) is 1.25. The van der Waals surface area contributed by atoms with Crippen molar-refractivity contribution in [2.75, 3.05) is 39.1 Å². The van der Waals surface area contributed by atoms with Crippen LogP contribution in [0.1, 0.15) is 54.4 Å². The molecule has 2 aromatic carbocycles. The maximum absolute atomic E-state index is 13.7. The smallest absolute Gasteiger partial charge is 0.260 e. The van der Waals surface area contributed by atoms with Gasteiger partial charge >= 0.3 is 0 Å². The number of rotatable bonds is 9. The minimum Gasteiger partial charge on any atom is -0.309 e. The molecular formula is C27H36Cl2N4O3S2. The summed E-state index contributed by atoms with van der Waals surface area (Å²) < 4.78 is 28.9. The van der Waals surface area contributed by atoms with Crippen molar-refractivity contribution in [2.24, 2.45) is 0 Å². The molecule has 11 heteroatoms. The second-order valence-corrected chi connectivity index (χ2v) is 13.5. The number of benzene rings is 2. The fraction of sp³-hybridized carbons (Fsp3) is 0.481. The lowest BCUT2D eigenvalue weighted by Crippen LogP contribution is -2.38. The fourth-order valence-corrected chi connectivity index (χ4v) is 7.68. The van der Waals surface area contributed by atoms with Crippen molar-refractivity contribution in [2.45, 2.75) is 56.4 Å². The zero-order valence-electron chi connectivity index (χ0n) is 22.3. The number of amides is 1. The summed E-state index contributed by atoms with van der Waals surface area (Å²) in [4.78, 5) is 22.4. The Labute approximate surface area is 241 Å². The summed E-state index contributed by atoms with van der Waals surface area (Å²) in [5.41, 5.74) is 2.22. The highest BCUT2D eigenvalue weighted by Gasteiger charge is 2.29. The zero-order valence-corrected chi connectivity index (χ0v) is 25.5. The molecule has 1 aromatic heterocycles. The average molecular weight is 600 g/mol. The van der Waals surface area contributed by atoms with E-state index in [0.29, 0.717) is 22.3 Å². The van der Waals surface area contributed by atoms with Gasteiger partial charge in [-0.15, -0.1) is 12.4 Å². The third-order valence-corrected chi connectivity index (χ3v) is 10.1. The molecule has 1 heterocycles. The first-order valence-electron chi connectivity index (χ1n) is 12.7. The number of hydrogen-bond donors (Lipinski definition) is 0. The van der Waals surface area contributed by atoms with Crippen molar-refractivity contribution >= 4 is 66.6 Å². The summed E-state index contributed by atoms with van der Waals surface area (Å²) in [7, 11) is 2.04. The van der Waals surface area contributed by atoms with E-state index in [0.717, 1.165) is 60.8 Å². The van der Waals surface area contributed by atoms with Crippen molar-refractivity contribution in [3.05, 3.63) is 52.5 Å². The molecule has 208 valence electrons. The molecule has 0 saturated heterocycles. The first-order valence-corrected chi connectivity index (χ1v) is 15.3. The van der Waals surface area contributed by atoms with Gasteiger partial charge in [0, 0.05) is 30.2 Å². The number of sulfonamides is 1. The van der Waals surface area contributed by atoms with Crippen LogP contribution in [0.3, 0.4) is 0 Å². The Morgan fingerprint density at radius 2 is 1.71 bits per heavy atom. The normalized spacial score (nSPS) is 14.7. The van der Waals surface area contributed by atoms with Gasteiger partial charge in [-0.05, 0) is 88.8 Å². The van der Waals surface area contributed by atoms with Crippen LogP contribution in [-0.4, -0.2) is 68.8 Å². The molecule has 3 aromatic rings. The number of anilines is 1. The van der Waals surface area contributed by atoms with Gasteiger partial charge < -0.3 is 4.90 Å². The van der Waals surface area contributed by atoms with Crippen molar-refractivity contribution in [1.82, 2.24) is 14.2 Å². The zero-order chi connectivity index (χ0) is 26.7. The highest BCUT2D eigenvalue weighted by Crippen LogP contribution is 2.34. The van der Waals surface area contributed by atoms with E-state index in [2.05, 4.69) is 4.90 Å². The Morgan fingerprint density at radius 3 is 2.34 bits per heavy atom. The summed E-state index contributed by atoms with van der Waals surface area (Å²) in [6.07, 6.45) is 5.82. The molecule has 1 fully saturated rings. The highest BCUT2D eigenvalue weighted by atomic mass is 35.5. The molecular weight excluding hydrogens is 563 g/mol. The predicted octanol–water partition coefficient (Wildman–Crippen LogP) is 6.23. The molecule has 0 bridgehead atoms. The van der Waals surface area contributed by atoms with Crippen LogP contribution in [0, 0.1) is 6.92 Å². The number of aromatic nitrogens is 1. The van der Waals surface area contributed by atoms with Gasteiger partial charge in [0.1, 0.15) is 0 Å². The van der Waals surface area contributed by atoms with Crippen molar-refractivity contribution in [3.8, 4) is 0 Å². The molecule has 0 radical (unpaired) electrons. The van der Waals surface area contributed by atoms with Crippen LogP contribution in [0.25, 0.3) is 10.2 Å². The molecule has 0 atom stereocenters. The number of thiazole rings is 1. The fourth-order valence-electron chi connectivity index (χ4n) is 4.82. The van der Waals surface area contributed by atoms with E-state index in [1.165, 1.54) is 15.6 Å². The lowest BCUT2D eigenvalue weighted by molar-refractivity contribution is 0.0986. The van der Waals surface area contributed by atoms with Crippen LogP contribution < -0.4 is 4.90 Å². The molecule has 7 nitrogen and oxygen atoms in total. The summed E-state index contributed by atoms with van der Waals surface area (Å²) in [6, 6.07) is 10.1. The second kappa shape index (κ2) is 13.1. The van der Waals surface area contributed by atoms with Crippen LogP contribution in [0.4, 0.5) is 5.13 Å². The Balaban J connectivity index is 0.00000400. The van der Waals surface area contributed by atoms with Crippen LogP contribution in [0.15, 0.2) is 41.3 Å². The van der Waals surface area contributed by atoms with Crippen LogP contribution in [0.5, 0.6) is 0 Å².